The highest BCUT2D eigenvalue weighted by atomic mass is 16.5. The SMILES string of the molecule is COCC1(C(=O)O)CCCN(C(=O)C2(c3ccccc3)CCCC2)C1. The van der Waals surface area contributed by atoms with Gasteiger partial charge in [0.2, 0.25) is 5.91 Å². The summed E-state index contributed by atoms with van der Waals surface area (Å²) >= 11 is 0. The average Bonchev–Trinajstić information content (AvgIpc) is 3.13. The third-order valence-corrected chi connectivity index (χ3v) is 5.93. The maximum Gasteiger partial charge on any atom is 0.313 e. The Balaban J connectivity index is 1.89. The van der Waals surface area contributed by atoms with Crippen molar-refractivity contribution in [2.45, 2.75) is 43.9 Å². The summed E-state index contributed by atoms with van der Waals surface area (Å²) in [4.78, 5) is 27.2. The number of carboxylic acids is 1. The van der Waals surface area contributed by atoms with Crippen molar-refractivity contribution < 1.29 is 19.4 Å². The Morgan fingerprint density at radius 2 is 1.80 bits per heavy atom. The Labute approximate surface area is 149 Å². The van der Waals surface area contributed by atoms with Gasteiger partial charge in [-0.05, 0) is 31.2 Å². The first-order valence-corrected chi connectivity index (χ1v) is 9.11. The van der Waals surface area contributed by atoms with Gasteiger partial charge in [-0.1, -0.05) is 43.2 Å². The monoisotopic (exact) mass is 345 g/mol. The van der Waals surface area contributed by atoms with Crippen molar-refractivity contribution in [3.63, 3.8) is 0 Å². The van der Waals surface area contributed by atoms with E-state index in [2.05, 4.69) is 0 Å². The van der Waals surface area contributed by atoms with Gasteiger partial charge in [0.25, 0.3) is 0 Å². The van der Waals surface area contributed by atoms with E-state index in [0.29, 0.717) is 19.4 Å². The van der Waals surface area contributed by atoms with E-state index in [-0.39, 0.29) is 19.1 Å². The standard InChI is InChI=1S/C20H27NO4/c1-25-15-19(18(23)24)10-7-13-21(14-19)17(22)20(11-5-6-12-20)16-8-3-2-4-9-16/h2-4,8-9H,5-7,10-15H2,1H3,(H,23,24). The third kappa shape index (κ3) is 3.17. The largest absolute Gasteiger partial charge is 0.481 e. The topological polar surface area (TPSA) is 66.8 Å². The minimum Gasteiger partial charge on any atom is -0.481 e. The van der Waals surface area contributed by atoms with Gasteiger partial charge in [0.1, 0.15) is 5.41 Å². The zero-order valence-corrected chi connectivity index (χ0v) is 14.9. The number of aliphatic carboxylic acids is 1. The minimum absolute atomic E-state index is 0.0950. The van der Waals surface area contributed by atoms with Crippen molar-refractivity contribution >= 4 is 11.9 Å². The molecule has 1 aliphatic heterocycles. The van der Waals surface area contributed by atoms with E-state index in [0.717, 1.165) is 31.2 Å². The van der Waals surface area contributed by atoms with Crippen LogP contribution in [0.25, 0.3) is 0 Å². The molecule has 1 atom stereocenters. The highest BCUT2D eigenvalue weighted by Gasteiger charge is 2.49. The van der Waals surface area contributed by atoms with Crippen LogP contribution in [0.4, 0.5) is 0 Å². The summed E-state index contributed by atoms with van der Waals surface area (Å²) in [5, 5.41) is 9.75. The van der Waals surface area contributed by atoms with Gasteiger partial charge in [0.15, 0.2) is 0 Å². The van der Waals surface area contributed by atoms with Crippen molar-refractivity contribution in [2.24, 2.45) is 5.41 Å². The quantitative estimate of drug-likeness (QED) is 0.891. The van der Waals surface area contributed by atoms with Crippen molar-refractivity contribution in [2.75, 3.05) is 26.8 Å². The van der Waals surface area contributed by atoms with E-state index < -0.39 is 16.8 Å². The van der Waals surface area contributed by atoms with Gasteiger partial charge in [-0.25, -0.2) is 0 Å². The number of benzene rings is 1. The molecule has 5 nitrogen and oxygen atoms in total. The summed E-state index contributed by atoms with van der Waals surface area (Å²) in [7, 11) is 1.52. The fourth-order valence-electron chi connectivity index (χ4n) is 4.60. The summed E-state index contributed by atoms with van der Waals surface area (Å²) in [6.07, 6.45) is 5.02. The number of hydrogen-bond acceptors (Lipinski definition) is 3. The molecule has 2 aliphatic rings. The molecule has 1 saturated carbocycles. The fraction of sp³-hybridized carbons (Fsp3) is 0.600. The molecule has 1 saturated heterocycles. The molecule has 1 heterocycles. The normalized spacial score (nSPS) is 25.7. The molecular weight excluding hydrogens is 318 g/mol. The smallest absolute Gasteiger partial charge is 0.313 e. The second-order valence-corrected chi connectivity index (χ2v) is 7.50. The predicted molar refractivity (Wildman–Crippen MR) is 94.3 cm³/mol. The highest BCUT2D eigenvalue weighted by molar-refractivity contribution is 5.89. The predicted octanol–water partition coefficient (Wildman–Crippen LogP) is 2.84. The molecule has 0 radical (unpaired) electrons. The lowest BCUT2D eigenvalue weighted by atomic mass is 9.75. The van der Waals surface area contributed by atoms with Gasteiger partial charge in [0.05, 0.1) is 12.0 Å². The number of carbonyl (C=O) groups excluding carboxylic acids is 1. The number of amides is 1. The Bertz CT molecular complexity index is 620. The summed E-state index contributed by atoms with van der Waals surface area (Å²) < 4.78 is 5.19. The second-order valence-electron chi connectivity index (χ2n) is 7.50. The van der Waals surface area contributed by atoms with Crippen molar-refractivity contribution in [1.29, 1.82) is 0 Å². The fourth-order valence-corrected chi connectivity index (χ4v) is 4.60. The molecule has 1 aromatic carbocycles. The molecule has 3 rings (SSSR count). The van der Waals surface area contributed by atoms with Crippen LogP contribution in [0.3, 0.4) is 0 Å². The first-order valence-electron chi connectivity index (χ1n) is 9.11. The summed E-state index contributed by atoms with van der Waals surface area (Å²) in [6.45, 7) is 1.01. The molecule has 0 aromatic heterocycles. The van der Waals surface area contributed by atoms with Gasteiger partial charge >= 0.3 is 5.97 Å². The molecule has 2 fully saturated rings. The molecule has 1 unspecified atom stereocenters. The van der Waals surface area contributed by atoms with E-state index in [1.165, 1.54) is 7.11 Å². The van der Waals surface area contributed by atoms with Crippen LogP contribution in [0, 0.1) is 5.41 Å². The number of nitrogens with zero attached hydrogens (tertiary/aromatic N) is 1. The Kier molecular flexibility index (Phi) is 5.13. The van der Waals surface area contributed by atoms with Crippen molar-refractivity contribution in [1.82, 2.24) is 4.90 Å². The highest BCUT2D eigenvalue weighted by Crippen LogP contribution is 2.44. The summed E-state index contributed by atoms with van der Waals surface area (Å²) in [5.74, 6) is -0.773. The van der Waals surface area contributed by atoms with Crippen LogP contribution in [0.15, 0.2) is 30.3 Å². The molecule has 1 N–H and O–H groups in total. The van der Waals surface area contributed by atoms with Crippen LogP contribution in [-0.4, -0.2) is 48.7 Å². The maximum atomic E-state index is 13.5. The maximum absolute atomic E-state index is 13.5. The molecule has 5 heteroatoms. The Morgan fingerprint density at radius 3 is 2.40 bits per heavy atom. The zero-order chi connectivity index (χ0) is 17.9. The molecular formula is C20H27NO4. The van der Waals surface area contributed by atoms with Crippen LogP contribution in [0.2, 0.25) is 0 Å². The Hall–Kier alpha value is -1.88. The molecule has 0 bridgehead atoms. The first-order chi connectivity index (χ1) is 12.0. The first kappa shape index (κ1) is 17.9. The Morgan fingerprint density at radius 1 is 1.12 bits per heavy atom. The van der Waals surface area contributed by atoms with E-state index in [4.69, 9.17) is 4.74 Å². The third-order valence-electron chi connectivity index (χ3n) is 5.93. The minimum atomic E-state index is -0.987. The van der Waals surface area contributed by atoms with Crippen LogP contribution >= 0.6 is 0 Å². The van der Waals surface area contributed by atoms with Gasteiger partial charge in [-0.3, -0.25) is 9.59 Å². The van der Waals surface area contributed by atoms with E-state index in [1.54, 1.807) is 4.90 Å². The van der Waals surface area contributed by atoms with E-state index >= 15 is 0 Å². The lowest BCUT2D eigenvalue weighted by molar-refractivity contribution is -0.160. The number of likely N-dealkylation sites (tertiary alicyclic amines) is 1. The van der Waals surface area contributed by atoms with Crippen LogP contribution < -0.4 is 0 Å². The van der Waals surface area contributed by atoms with Gasteiger partial charge in [0, 0.05) is 20.2 Å². The van der Waals surface area contributed by atoms with Crippen molar-refractivity contribution in [3.05, 3.63) is 35.9 Å². The molecule has 1 amide bonds. The van der Waals surface area contributed by atoms with Crippen LogP contribution in [-0.2, 0) is 19.7 Å². The number of hydrogen-bond donors (Lipinski definition) is 1. The van der Waals surface area contributed by atoms with Crippen molar-refractivity contribution in [3.8, 4) is 0 Å². The zero-order valence-electron chi connectivity index (χ0n) is 14.9. The van der Waals surface area contributed by atoms with Gasteiger partial charge < -0.3 is 14.7 Å². The lowest BCUT2D eigenvalue weighted by Gasteiger charge is -2.43. The summed E-state index contributed by atoms with van der Waals surface area (Å²) in [6, 6.07) is 9.99. The van der Waals surface area contributed by atoms with Crippen LogP contribution in [0.5, 0.6) is 0 Å². The number of ether oxygens (including phenoxy) is 1. The van der Waals surface area contributed by atoms with Gasteiger partial charge in [-0.2, -0.15) is 0 Å². The van der Waals surface area contributed by atoms with Gasteiger partial charge in [-0.15, -0.1) is 0 Å². The summed E-state index contributed by atoms with van der Waals surface area (Å²) in [5.41, 5.74) is -0.412. The number of rotatable bonds is 5. The lowest BCUT2D eigenvalue weighted by Crippen LogP contribution is -2.56. The molecule has 1 aromatic rings. The number of carboxylic acid groups (broad SMARTS) is 1. The number of carbonyl (C=O) groups is 2. The molecule has 1 aliphatic carbocycles. The average molecular weight is 345 g/mol. The van der Waals surface area contributed by atoms with E-state index in [1.807, 2.05) is 30.3 Å². The number of methoxy groups -OCH3 is 1. The number of piperidine rings is 1. The molecule has 25 heavy (non-hydrogen) atoms. The van der Waals surface area contributed by atoms with Crippen LogP contribution in [0.1, 0.15) is 44.1 Å². The molecule has 136 valence electrons. The second kappa shape index (κ2) is 7.16. The molecule has 0 spiro atoms. The van der Waals surface area contributed by atoms with E-state index in [9.17, 15) is 14.7 Å².